The lowest BCUT2D eigenvalue weighted by Crippen LogP contribution is -2.51. The van der Waals surface area contributed by atoms with E-state index in [2.05, 4.69) is 20.6 Å². The molecule has 2 aromatic carbocycles. The van der Waals surface area contributed by atoms with Crippen LogP contribution in [-0.2, 0) is 28.6 Å². The molecule has 4 amide bonds. The first-order valence-corrected chi connectivity index (χ1v) is 20.4. The van der Waals surface area contributed by atoms with Crippen LogP contribution in [0.2, 0.25) is 0 Å². The lowest BCUT2D eigenvalue weighted by atomic mass is 9.98. The first-order valence-electron chi connectivity index (χ1n) is 20.4. The molecule has 6 rings (SSSR count). The maximum atomic E-state index is 13.7. The number of alkyl carbamates (subject to hydrolysis) is 1. The minimum absolute atomic E-state index is 0.133. The van der Waals surface area contributed by atoms with E-state index in [1.54, 1.807) is 43.3 Å². The number of methoxy groups -OCH3 is 3. The highest BCUT2D eigenvalue weighted by atomic mass is 16.6. The van der Waals surface area contributed by atoms with Crippen molar-refractivity contribution >= 4 is 24.3 Å². The van der Waals surface area contributed by atoms with Crippen molar-refractivity contribution in [2.75, 3.05) is 60.8 Å². The normalized spacial score (nSPS) is 17.4. The molecule has 4 N–H and O–H groups in total. The maximum Gasteiger partial charge on any atom is 0.407 e. The second-order valence-electron chi connectivity index (χ2n) is 15.2. The number of likely N-dealkylation sites (tertiary alicyclic amines) is 2. The molecule has 4 aromatic rings. The van der Waals surface area contributed by atoms with Crippen molar-refractivity contribution in [2.45, 2.75) is 70.6 Å². The maximum absolute atomic E-state index is 13.7. The largest absolute Gasteiger partial charge is 0.487 e. The number of carbonyl (C=O) groups excluding carboxylic acids is 4. The predicted octanol–water partition coefficient (Wildman–Crippen LogP) is 5.03. The first-order chi connectivity index (χ1) is 29.1. The van der Waals surface area contributed by atoms with E-state index < -0.39 is 18.2 Å². The summed E-state index contributed by atoms with van der Waals surface area (Å²) >= 11 is 0. The topological polar surface area (TPSA) is 202 Å². The number of rotatable bonds is 19. The van der Waals surface area contributed by atoms with Crippen LogP contribution in [0.15, 0.2) is 48.8 Å². The predicted molar refractivity (Wildman–Crippen MR) is 222 cm³/mol. The van der Waals surface area contributed by atoms with Crippen molar-refractivity contribution in [2.24, 2.45) is 5.92 Å². The van der Waals surface area contributed by atoms with Crippen LogP contribution in [0.4, 0.5) is 4.79 Å². The molecular weight excluding hydrogens is 773 g/mol. The minimum Gasteiger partial charge on any atom is -0.487 e. The van der Waals surface area contributed by atoms with Gasteiger partial charge in [-0.25, -0.2) is 14.8 Å². The number of aromatic nitrogens is 4. The highest BCUT2D eigenvalue weighted by molar-refractivity contribution is 5.87. The van der Waals surface area contributed by atoms with Crippen LogP contribution in [0, 0.1) is 5.92 Å². The summed E-state index contributed by atoms with van der Waals surface area (Å²) in [7, 11) is 4.50. The summed E-state index contributed by atoms with van der Waals surface area (Å²) in [5.41, 5.74) is 4.77. The van der Waals surface area contributed by atoms with Crippen LogP contribution in [0.3, 0.4) is 0 Å². The van der Waals surface area contributed by atoms with E-state index in [-0.39, 0.29) is 43.0 Å². The summed E-state index contributed by atoms with van der Waals surface area (Å²) in [6, 6.07) is 10.1. The third-order valence-corrected chi connectivity index (χ3v) is 11.0. The van der Waals surface area contributed by atoms with Gasteiger partial charge in [0.25, 0.3) is 0 Å². The summed E-state index contributed by atoms with van der Waals surface area (Å²) < 4.78 is 28.3. The zero-order chi connectivity index (χ0) is 42.8. The van der Waals surface area contributed by atoms with E-state index in [0.29, 0.717) is 61.6 Å². The average molecular weight is 829 g/mol. The molecule has 0 spiro atoms. The second kappa shape index (κ2) is 20.4. The molecule has 2 aliphatic heterocycles. The van der Waals surface area contributed by atoms with Crippen LogP contribution in [0.25, 0.3) is 33.6 Å². The molecule has 0 radical (unpaired) electrons. The molecule has 0 aliphatic carbocycles. The zero-order valence-corrected chi connectivity index (χ0v) is 35.1. The van der Waals surface area contributed by atoms with Crippen molar-refractivity contribution in [3.63, 3.8) is 0 Å². The summed E-state index contributed by atoms with van der Waals surface area (Å²) in [5.74, 6) is 1.88. The van der Waals surface area contributed by atoms with Crippen LogP contribution in [0.5, 0.6) is 11.5 Å². The first kappa shape index (κ1) is 43.6. The second-order valence-corrected chi connectivity index (χ2v) is 15.2. The number of aromatic amines is 2. The Bertz CT molecular complexity index is 2080. The molecule has 0 unspecified atom stereocenters. The van der Waals surface area contributed by atoms with Crippen LogP contribution in [0.1, 0.15) is 70.2 Å². The molecule has 4 atom stereocenters. The van der Waals surface area contributed by atoms with Gasteiger partial charge in [-0.3, -0.25) is 14.4 Å². The molecule has 4 heterocycles. The molecule has 2 aliphatic rings. The molecule has 17 nitrogen and oxygen atoms in total. The van der Waals surface area contributed by atoms with Gasteiger partial charge in [-0.1, -0.05) is 38.1 Å². The number of nitrogens with one attached hydrogen (secondary N) is 4. The van der Waals surface area contributed by atoms with Gasteiger partial charge in [0.2, 0.25) is 18.2 Å². The molecule has 322 valence electrons. The molecule has 0 saturated carbocycles. The monoisotopic (exact) mass is 828 g/mol. The Hall–Kier alpha value is -5.94. The highest BCUT2D eigenvalue weighted by Crippen LogP contribution is 2.46. The fourth-order valence-corrected chi connectivity index (χ4v) is 7.80. The number of nitrogens with zero attached hydrogens (tertiary/aromatic N) is 4. The Kier molecular flexibility index (Phi) is 14.8. The summed E-state index contributed by atoms with van der Waals surface area (Å²) in [5, 5.41) is 5.26. The standard InChI is InChI=1S/C43H56N8O9/c1-26(2)36(49-43(55)58-6)42(54)51-18-8-10-35(51)39-44-23-32(47-39)29-13-11-28(12-14-29)30-15-16-31(38(60-22-20-57-5)37(30)59-21-19-56-4)33-24-45-40(48-33)34-9-7-17-50(34)41(53)27(3)46-25-52/h11-16,23-27,34-36H,7-10,17-22H2,1-6H3,(H,44,47)(H,45,48)(H,46,52)(H,49,55)/t27-,34-,35-,36-/m0/s1. The van der Waals surface area contributed by atoms with Gasteiger partial charge in [-0.2, -0.15) is 0 Å². The average Bonchev–Trinajstić information content (AvgIpc) is 4.10. The van der Waals surface area contributed by atoms with E-state index in [9.17, 15) is 19.2 Å². The number of H-pyrrole nitrogens is 2. The fourth-order valence-electron chi connectivity index (χ4n) is 7.80. The lowest BCUT2D eigenvalue weighted by Gasteiger charge is -2.30. The van der Waals surface area contributed by atoms with Gasteiger partial charge in [-0.15, -0.1) is 0 Å². The Balaban J connectivity index is 1.28. The van der Waals surface area contributed by atoms with Crippen LogP contribution >= 0.6 is 0 Å². The number of hydrogen-bond acceptors (Lipinski definition) is 11. The molecule has 2 aromatic heterocycles. The van der Waals surface area contributed by atoms with Crippen molar-refractivity contribution in [3.05, 3.63) is 60.4 Å². The molecular formula is C43H56N8O9. The Morgan fingerprint density at radius 1 is 0.750 bits per heavy atom. The van der Waals surface area contributed by atoms with E-state index in [1.165, 1.54) is 7.11 Å². The fraction of sp³-hybridized carbons (Fsp3) is 0.488. The van der Waals surface area contributed by atoms with Crippen molar-refractivity contribution in [3.8, 4) is 45.1 Å². The molecule has 0 bridgehead atoms. The number of benzene rings is 2. The Morgan fingerprint density at radius 3 is 1.85 bits per heavy atom. The molecule has 2 fully saturated rings. The number of amides is 4. The number of imidazole rings is 2. The number of hydrogen-bond donors (Lipinski definition) is 4. The van der Waals surface area contributed by atoms with Crippen molar-refractivity contribution in [1.29, 1.82) is 0 Å². The van der Waals surface area contributed by atoms with E-state index in [4.69, 9.17) is 33.7 Å². The number of carbonyl (C=O) groups is 4. The van der Waals surface area contributed by atoms with Gasteiger partial charge in [0.15, 0.2) is 11.5 Å². The van der Waals surface area contributed by atoms with Gasteiger partial charge in [0.1, 0.15) is 36.9 Å². The Labute approximate surface area is 349 Å². The van der Waals surface area contributed by atoms with E-state index >= 15 is 0 Å². The summed E-state index contributed by atoms with van der Waals surface area (Å²) in [6.45, 7) is 7.80. The zero-order valence-electron chi connectivity index (χ0n) is 35.1. The summed E-state index contributed by atoms with van der Waals surface area (Å²) in [6.07, 6.45) is 6.51. The van der Waals surface area contributed by atoms with Gasteiger partial charge in [0, 0.05) is 38.4 Å². The van der Waals surface area contributed by atoms with E-state index in [1.807, 2.05) is 50.2 Å². The van der Waals surface area contributed by atoms with Crippen LogP contribution in [-0.4, -0.2) is 127 Å². The molecule has 17 heteroatoms. The van der Waals surface area contributed by atoms with Crippen LogP contribution < -0.4 is 20.1 Å². The van der Waals surface area contributed by atoms with Gasteiger partial charge < -0.3 is 54.1 Å². The third kappa shape index (κ3) is 9.74. The van der Waals surface area contributed by atoms with Crippen molar-refractivity contribution in [1.82, 2.24) is 40.4 Å². The van der Waals surface area contributed by atoms with Gasteiger partial charge in [-0.05, 0) is 61.8 Å². The highest BCUT2D eigenvalue weighted by Gasteiger charge is 2.38. The molecule has 60 heavy (non-hydrogen) atoms. The van der Waals surface area contributed by atoms with Crippen molar-refractivity contribution < 1.29 is 42.9 Å². The minimum atomic E-state index is -0.720. The Morgan fingerprint density at radius 2 is 1.28 bits per heavy atom. The van der Waals surface area contributed by atoms with Gasteiger partial charge >= 0.3 is 6.09 Å². The number of ether oxygens (including phenoxy) is 5. The lowest BCUT2D eigenvalue weighted by molar-refractivity contribution is -0.136. The quantitative estimate of drug-likeness (QED) is 0.0730. The summed E-state index contributed by atoms with van der Waals surface area (Å²) in [4.78, 5) is 69.8. The molecule has 2 saturated heterocycles. The smallest absolute Gasteiger partial charge is 0.407 e. The SMILES string of the molecule is COCCOc1c(-c2ccc(-c3cnc([C@@H]4CCCN4C(=O)[C@@H](NC(=O)OC)C(C)C)[nH]3)cc2)ccc(-c2cnc([C@@H]3CCCN3C(=O)[C@H](C)NC=O)[nH]2)c1OCCOC. The van der Waals surface area contributed by atoms with E-state index in [0.717, 1.165) is 53.6 Å². The van der Waals surface area contributed by atoms with Gasteiger partial charge in [0.05, 0.1) is 56.2 Å². The third-order valence-electron chi connectivity index (χ3n) is 11.0.